The van der Waals surface area contributed by atoms with Gasteiger partial charge in [0.15, 0.2) is 9.84 Å². The Balaban J connectivity index is 2.58. The van der Waals surface area contributed by atoms with Crippen molar-refractivity contribution in [2.45, 2.75) is 45.1 Å². The quantitative estimate of drug-likeness (QED) is 0.851. The fourth-order valence-electron chi connectivity index (χ4n) is 2.29. The maximum Gasteiger partial charge on any atom is 0.182 e. The van der Waals surface area contributed by atoms with Crippen LogP contribution in [0.1, 0.15) is 33.3 Å². The minimum absolute atomic E-state index is 0.0392. The summed E-state index contributed by atoms with van der Waals surface area (Å²) in [6.07, 6.45) is 0.836. The fraction of sp³-hybridized carbons (Fsp3) is 0.571. The highest BCUT2D eigenvalue weighted by molar-refractivity contribution is 7.91. The lowest BCUT2D eigenvalue weighted by molar-refractivity contribution is 0.356. The van der Waals surface area contributed by atoms with Crippen LogP contribution in [0.25, 0.3) is 0 Å². The molecular formula is C14H21NO2S. The molecule has 0 aliphatic carbocycles. The molecule has 1 aliphatic heterocycles. The van der Waals surface area contributed by atoms with Gasteiger partial charge in [-0.1, -0.05) is 39.8 Å². The molecule has 1 unspecified atom stereocenters. The maximum atomic E-state index is 12.4. The van der Waals surface area contributed by atoms with Gasteiger partial charge in [-0.3, -0.25) is 0 Å². The molecule has 1 aromatic rings. The Morgan fingerprint density at radius 2 is 2.00 bits per heavy atom. The van der Waals surface area contributed by atoms with Crippen molar-refractivity contribution in [2.75, 3.05) is 11.1 Å². The van der Waals surface area contributed by atoms with Crippen LogP contribution in [0.2, 0.25) is 0 Å². The zero-order valence-electron chi connectivity index (χ0n) is 11.4. The third-order valence-corrected chi connectivity index (χ3v) is 5.36. The molecule has 1 aliphatic rings. The fourth-order valence-corrected chi connectivity index (χ4v) is 4.27. The molecule has 1 N–H and O–H groups in total. The summed E-state index contributed by atoms with van der Waals surface area (Å²) in [6, 6.07) is 5.49. The van der Waals surface area contributed by atoms with Crippen LogP contribution < -0.4 is 5.32 Å². The molecule has 1 heterocycles. The number of anilines is 1. The highest BCUT2D eigenvalue weighted by Crippen LogP contribution is 2.36. The number of para-hydroxylation sites is 1. The van der Waals surface area contributed by atoms with Gasteiger partial charge in [-0.2, -0.15) is 0 Å². The second kappa shape index (κ2) is 4.26. The molecule has 0 bridgehead atoms. The Bertz CT molecular complexity index is 556. The molecule has 1 aromatic carbocycles. The van der Waals surface area contributed by atoms with Crippen molar-refractivity contribution in [3.8, 4) is 0 Å². The average molecular weight is 267 g/mol. The van der Waals surface area contributed by atoms with E-state index >= 15 is 0 Å². The summed E-state index contributed by atoms with van der Waals surface area (Å²) in [7, 11) is -3.17. The van der Waals surface area contributed by atoms with Gasteiger partial charge in [0, 0.05) is 6.04 Å². The van der Waals surface area contributed by atoms with E-state index in [9.17, 15) is 8.42 Å². The number of sulfone groups is 1. The number of benzene rings is 1. The number of hydrogen-bond donors (Lipinski definition) is 1. The van der Waals surface area contributed by atoms with Crippen LogP contribution in [-0.2, 0) is 16.3 Å². The summed E-state index contributed by atoms with van der Waals surface area (Å²) in [5, 5.41) is 3.43. The minimum atomic E-state index is -3.17. The van der Waals surface area contributed by atoms with Crippen molar-refractivity contribution in [2.24, 2.45) is 5.41 Å². The standard InChI is InChI=1S/C14H21NO2S/c1-5-10-7-6-8-11-13(10)15-12(14(2,3)4)9-18(11,16)17/h6-8,12,15H,5,9H2,1-4H3. The van der Waals surface area contributed by atoms with Crippen molar-refractivity contribution in [3.05, 3.63) is 23.8 Å². The van der Waals surface area contributed by atoms with Crippen LogP contribution in [0.15, 0.2) is 23.1 Å². The summed E-state index contributed by atoms with van der Waals surface area (Å²) in [6.45, 7) is 8.25. The molecule has 0 fully saturated rings. The lowest BCUT2D eigenvalue weighted by Crippen LogP contribution is -2.43. The topological polar surface area (TPSA) is 46.2 Å². The van der Waals surface area contributed by atoms with Crippen LogP contribution in [0.5, 0.6) is 0 Å². The Morgan fingerprint density at radius 3 is 2.56 bits per heavy atom. The van der Waals surface area contributed by atoms with E-state index in [2.05, 4.69) is 26.1 Å². The second-order valence-corrected chi connectivity index (χ2v) is 7.99. The number of nitrogens with one attached hydrogen (secondary N) is 1. The summed E-state index contributed by atoms with van der Waals surface area (Å²) in [5.41, 5.74) is 1.81. The average Bonchev–Trinajstić information content (AvgIpc) is 2.26. The van der Waals surface area contributed by atoms with E-state index in [1.807, 2.05) is 19.1 Å². The molecule has 0 saturated carbocycles. The van der Waals surface area contributed by atoms with Crippen LogP contribution in [-0.4, -0.2) is 20.2 Å². The van der Waals surface area contributed by atoms with Gasteiger partial charge in [0.2, 0.25) is 0 Å². The van der Waals surface area contributed by atoms with Gasteiger partial charge >= 0.3 is 0 Å². The van der Waals surface area contributed by atoms with Crippen LogP contribution >= 0.6 is 0 Å². The lowest BCUT2D eigenvalue weighted by atomic mass is 9.87. The summed E-state index contributed by atoms with van der Waals surface area (Å²) < 4.78 is 24.7. The molecule has 1 atom stereocenters. The molecule has 18 heavy (non-hydrogen) atoms. The Hall–Kier alpha value is -1.03. The monoisotopic (exact) mass is 267 g/mol. The minimum Gasteiger partial charge on any atom is -0.379 e. The molecule has 0 radical (unpaired) electrons. The number of hydrogen-bond acceptors (Lipinski definition) is 3. The molecule has 3 nitrogen and oxygen atoms in total. The summed E-state index contributed by atoms with van der Waals surface area (Å²) >= 11 is 0. The predicted octanol–water partition coefficient (Wildman–Crippen LogP) is 2.86. The lowest BCUT2D eigenvalue weighted by Gasteiger charge is -2.37. The van der Waals surface area contributed by atoms with Crippen molar-refractivity contribution in [3.63, 3.8) is 0 Å². The molecule has 0 amide bonds. The van der Waals surface area contributed by atoms with Gasteiger partial charge in [-0.25, -0.2) is 8.42 Å². The maximum absolute atomic E-state index is 12.4. The Morgan fingerprint density at radius 1 is 1.33 bits per heavy atom. The first-order chi connectivity index (χ1) is 8.25. The number of rotatable bonds is 1. The van der Waals surface area contributed by atoms with E-state index in [0.717, 1.165) is 17.7 Å². The summed E-state index contributed by atoms with van der Waals surface area (Å²) in [4.78, 5) is 0.461. The molecule has 4 heteroatoms. The van der Waals surface area contributed by atoms with Gasteiger partial charge in [0.25, 0.3) is 0 Å². The van der Waals surface area contributed by atoms with Gasteiger partial charge in [-0.05, 0) is 23.5 Å². The molecule has 0 aromatic heterocycles. The van der Waals surface area contributed by atoms with Crippen molar-refractivity contribution < 1.29 is 8.42 Å². The van der Waals surface area contributed by atoms with Gasteiger partial charge in [-0.15, -0.1) is 0 Å². The van der Waals surface area contributed by atoms with E-state index in [4.69, 9.17) is 0 Å². The Kier molecular flexibility index (Phi) is 3.18. The van der Waals surface area contributed by atoms with Crippen molar-refractivity contribution in [1.29, 1.82) is 0 Å². The zero-order chi connectivity index (χ0) is 13.6. The van der Waals surface area contributed by atoms with Gasteiger partial charge < -0.3 is 5.32 Å². The van der Waals surface area contributed by atoms with E-state index in [1.165, 1.54) is 0 Å². The van der Waals surface area contributed by atoms with Crippen LogP contribution in [0.4, 0.5) is 5.69 Å². The van der Waals surface area contributed by atoms with Gasteiger partial charge in [0.05, 0.1) is 16.3 Å². The smallest absolute Gasteiger partial charge is 0.182 e. The third-order valence-electron chi connectivity index (χ3n) is 3.58. The highest BCUT2D eigenvalue weighted by atomic mass is 32.2. The largest absolute Gasteiger partial charge is 0.379 e. The first-order valence-corrected chi connectivity index (χ1v) is 8.02. The molecule has 0 saturated heterocycles. The molecular weight excluding hydrogens is 246 g/mol. The Labute approximate surface area is 110 Å². The zero-order valence-corrected chi connectivity index (χ0v) is 12.3. The molecule has 0 spiro atoms. The number of aryl methyl sites for hydroxylation is 1. The van der Waals surface area contributed by atoms with E-state index in [0.29, 0.717) is 4.90 Å². The first kappa shape index (κ1) is 13.4. The molecule has 100 valence electrons. The van der Waals surface area contributed by atoms with Crippen molar-refractivity contribution in [1.82, 2.24) is 0 Å². The number of fused-ring (bicyclic) bond motifs is 1. The first-order valence-electron chi connectivity index (χ1n) is 6.37. The summed E-state index contributed by atoms with van der Waals surface area (Å²) in [5.74, 6) is 0.177. The van der Waals surface area contributed by atoms with E-state index < -0.39 is 9.84 Å². The normalized spacial score (nSPS) is 22.1. The predicted molar refractivity (Wildman–Crippen MR) is 74.7 cm³/mol. The van der Waals surface area contributed by atoms with Gasteiger partial charge in [0.1, 0.15) is 0 Å². The van der Waals surface area contributed by atoms with Crippen molar-refractivity contribution >= 4 is 15.5 Å². The van der Waals surface area contributed by atoms with Crippen LogP contribution in [0.3, 0.4) is 0 Å². The third kappa shape index (κ3) is 2.26. The second-order valence-electron chi connectivity index (χ2n) is 5.99. The van der Waals surface area contributed by atoms with E-state index in [-0.39, 0.29) is 17.2 Å². The van der Waals surface area contributed by atoms with E-state index in [1.54, 1.807) is 6.07 Å². The SMILES string of the molecule is CCc1cccc2c1NC(C(C)(C)C)CS2(=O)=O. The highest BCUT2D eigenvalue weighted by Gasteiger charge is 2.36. The molecule has 2 rings (SSSR count). The van der Waals surface area contributed by atoms with Crippen LogP contribution in [0, 0.1) is 5.41 Å².